The van der Waals surface area contributed by atoms with Crippen molar-refractivity contribution in [2.24, 2.45) is 0 Å². The fourth-order valence-electron chi connectivity index (χ4n) is 5.46. The largest absolute Gasteiger partial charge is 0.497 e. The Labute approximate surface area is 220 Å². The summed E-state index contributed by atoms with van der Waals surface area (Å²) in [6, 6.07) is 11.8. The Hall–Kier alpha value is -3.50. The van der Waals surface area contributed by atoms with E-state index in [4.69, 9.17) is 14.2 Å². The van der Waals surface area contributed by atoms with Crippen molar-refractivity contribution in [3.63, 3.8) is 0 Å². The molecule has 10 heteroatoms. The first-order valence-corrected chi connectivity index (χ1v) is 13.0. The van der Waals surface area contributed by atoms with Crippen LogP contribution >= 0.6 is 0 Å². The van der Waals surface area contributed by atoms with Gasteiger partial charge in [-0.05, 0) is 43.2 Å². The molecule has 0 bridgehead atoms. The Balaban J connectivity index is 1.36. The molecular weight excluding hydrogens is 493 g/mol. The molecule has 3 amide bonds. The van der Waals surface area contributed by atoms with Gasteiger partial charge >= 0.3 is 0 Å². The molecule has 3 aliphatic rings. The zero-order valence-electron chi connectivity index (χ0n) is 21.4. The molecule has 0 aliphatic carbocycles. The van der Waals surface area contributed by atoms with Gasteiger partial charge in [0.2, 0.25) is 5.91 Å². The number of carbonyl (C=O) groups excluding carboxylic acids is 3. The number of hydrogen-bond donors (Lipinski definition) is 1. The van der Waals surface area contributed by atoms with Gasteiger partial charge in [-0.25, -0.2) is 4.39 Å². The van der Waals surface area contributed by atoms with Gasteiger partial charge in [-0.1, -0.05) is 18.2 Å². The van der Waals surface area contributed by atoms with Gasteiger partial charge in [0.15, 0.2) is 0 Å². The topological polar surface area (TPSA) is 97.4 Å². The normalized spacial score (nSPS) is 22.5. The number of likely N-dealkylation sites (tertiary alicyclic amines) is 1. The number of amides is 3. The zero-order chi connectivity index (χ0) is 26.7. The van der Waals surface area contributed by atoms with Crippen molar-refractivity contribution in [1.29, 1.82) is 0 Å². The second-order valence-electron chi connectivity index (χ2n) is 9.83. The quantitative estimate of drug-likeness (QED) is 0.623. The molecule has 2 aromatic carbocycles. The smallest absolute Gasteiger partial charge is 0.257 e. The first kappa shape index (κ1) is 26.1. The van der Waals surface area contributed by atoms with Crippen molar-refractivity contribution in [3.05, 3.63) is 65.5 Å². The fraction of sp³-hybridized carbons (Fsp3) is 0.464. The van der Waals surface area contributed by atoms with E-state index in [2.05, 4.69) is 5.32 Å². The summed E-state index contributed by atoms with van der Waals surface area (Å²) >= 11 is 0. The molecule has 0 aromatic heterocycles. The summed E-state index contributed by atoms with van der Waals surface area (Å²) in [6.45, 7) is 1.58. The maximum atomic E-state index is 14.2. The summed E-state index contributed by atoms with van der Waals surface area (Å²) < 4.78 is 31.4. The molecule has 0 saturated carbocycles. The van der Waals surface area contributed by atoms with Crippen molar-refractivity contribution < 1.29 is 33.0 Å². The summed E-state index contributed by atoms with van der Waals surface area (Å²) in [5.74, 6) is -1.12. The van der Waals surface area contributed by atoms with Crippen LogP contribution in [0, 0.1) is 5.82 Å². The van der Waals surface area contributed by atoms with Crippen molar-refractivity contribution in [2.75, 3.05) is 40.0 Å². The zero-order valence-corrected chi connectivity index (χ0v) is 21.4. The van der Waals surface area contributed by atoms with E-state index in [1.54, 1.807) is 35.2 Å². The third-order valence-electron chi connectivity index (χ3n) is 7.56. The van der Waals surface area contributed by atoms with Crippen LogP contribution < -0.4 is 10.1 Å². The molecule has 2 unspecified atom stereocenters. The number of piperidine rings is 1. The molecule has 202 valence electrons. The highest BCUT2D eigenvalue weighted by Crippen LogP contribution is 2.39. The Morgan fingerprint density at radius 3 is 2.61 bits per heavy atom. The average Bonchev–Trinajstić information content (AvgIpc) is 3.60. The molecule has 9 nitrogen and oxygen atoms in total. The van der Waals surface area contributed by atoms with E-state index in [1.807, 2.05) is 0 Å². The van der Waals surface area contributed by atoms with Crippen LogP contribution in [0.2, 0.25) is 0 Å². The molecule has 1 spiro atoms. The lowest BCUT2D eigenvalue weighted by Crippen LogP contribution is -2.60. The molecule has 3 aliphatic heterocycles. The molecule has 38 heavy (non-hydrogen) atoms. The first-order valence-electron chi connectivity index (χ1n) is 13.0. The van der Waals surface area contributed by atoms with Gasteiger partial charge in [-0.15, -0.1) is 0 Å². The monoisotopic (exact) mass is 525 g/mol. The third-order valence-corrected chi connectivity index (χ3v) is 7.56. The second kappa shape index (κ2) is 11.1. The molecule has 1 N–H and O–H groups in total. The van der Waals surface area contributed by atoms with E-state index in [0.29, 0.717) is 37.3 Å². The van der Waals surface area contributed by atoms with Crippen molar-refractivity contribution in [1.82, 2.24) is 15.1 Å². The van der Waals surface area contributed by atoms with Gasteiger partial charge in [0.25, 0.3) is 11.8 Å². The summed E-state index contributed by atoms with van der Waals surface area (Å²) in [5, 5.41) is 2.93. The van der Waals surface area contributed by atoms with Crippen molar-refractivity contribution in [3.8, 4) is 5.75 Å². The van der Waals surface area contributed by atoms with Gasteiger partial charge in [-0.3, -0.25) is 19.3 Å². The van der Waals surface area contributed by atoms with Crippen LogP contribution in [-0.2, 0) is 14.3 Å². The highest BCUT2D eigenvalue weighted by molar-refractivity contribution is 5.99. The minimum absolute atomic E-state index is 0.00601. The number of ether oxygens (including phenoxy) is 3. The number of halogens is 1. The van der Waals surface area contributed by atoms with E-state index in [9.17, 15) is 18.8 Å². The van der Waals surface area contributed by atoms with Crippen LogP contribution in [0.15, 0.2) is 48.5 Å². The van der Waals surface area contributed by atoms with E-state index in [-0.39, 0.29) is 43.2 Å². The summed E-state index contributed by atoms with van der Waals surface area (Å²) in [5.41, 5.74) is -0.694. The molecule has 3 saturated heterocycles. The Kier molecular flexibility index (Phi) is 7.62. The first-order chi connectivity index (χ1) is 18.4. The highest BCUT2D eigenvalue weighted by Gasteiger charge is 2.54. The minimum atomic E-state index is -1.07. The van der Waals surface area contributed by atoms with E-state index in [1.165, 1.54) is 30.2 Å². The van der Waals surface area contributed by atoms with Gasteiger partial charge in [0, 0.05) is 44.6 Å². The number of hydrogen-bond acceptors (Lipinski definition) is 6. The van der Waals surface area contributed by atoms with Crippen LogP contribution in [0.4, 0.5) is 4.39 Å². The predicted octanol–water partition coefficient (Wildman–Crippen LogP) is 2.60. The van der Waals surface area contributed by atoms with Crippen LogP contribution in [0.1, 0.15) is 46.4 Å². The lowest BCUT2D eigenvalue weighted by molar-refractivity contribution is -0.128. The molecule has 2 aromatic rings. The number of methoxy groups -OCH3 is 1. The molecular formula is C28H32FN3O6. The molecule has 0 radical (unpaired) electrons. The second-order valence-corrected chi connectivity index (χ2v) is 9.83. The SMILES string of the molecule is COc1cccc(C(=O)N2C(C(=O)NCC3CCCO3)COC23CCN(C(=O)c2ccccc2F)CC3)c1. The summed E-state index contributed by atoms with van der Waals surface area (Å²) in [4.78, 5) is 43.3. The van der Waals surface area contributed by atoms with Crippen molar-refractivity contribution in [2.45, 2.75) is 43.6 Å². The van der Waals surface area contributed by atoms with Crippen LogP contribution in [-0.4, -0.2) is 85.3 Å². The Morgan fingerprint density at radius 1 is 1.11 bits per heavy atom. The molecule has 5 rings (SSSR count). The van der Waals surface area contributed by atoms with Gasteiger partial charge in [0.05, 0.1) is 25.4 Å². The maximum absolute atomic E-state index is 14.2. The number of nitrogens with zero attached hydrogens (tertiary/aromatic N) is 2. The maximum Gasteiger partial charge on any atom is 0.257 e. The van der Waals surface area contributed by atoms with Gasteiger partial charge in [0.1, 0.15) is 23.3 Å². The number of benzene rings is 2. The van der Waals surface area contributed by atoms with Gasteiger partial charge < -0.3 is 24.4 Å². The standard InChI is InChI=1S/C28H32FN3O6/c1-36-20-7-4-6-19(16-20)26(34)32-24(25(33)30-17-21-8-5-15-37-21)18-38-28(32)11-13-31(14-12-28)27(35)22-9-2-3-10-23(22)29/h2-4,6-7,9-10,16,21,24H,5,8,11-15,17-18H2,1H3,(H,30,33). The highest BCUT2D eigenvalue weighted by atomic mass is 19.1. The lowest BCUT2D eigenvalue weighted by atomic mass is 9.96. The van der Waals surface area contributed by atoms with Crippen LogP contribution in [0.3, 0.4) is 0 Å². The summed E-state index contributed by atoms with van der Waals surface area (Å²) in [6.07, 6.45) is 2.38. The Bertz CT molecular complexity index is 1190. The molecule has 3 heterocycles. The van der Waals surface area contributed by atoms with Crippen molar-refractivity contribution >= 4 is 17.7 Å². The summed E-state index contributed by atoms with van der Waals surface area (Å²) in [7, 11) is 1.52. The van der Waals surface area contributed by atoms with E-state index < -0.39 is 23.5 Å². The number of nitrogens with one attached hydrogen (secondary N) is 1. The minimum Gasteiger partial charge on any atom is -0.497 e. The van der Waals surface area contributed by atoms with Crippen LogP contribution in [0.5, 0.6) is 5.75 Å². The number of rotatable bonds is 6. The fourth-order valence-corrected chi connectivity index (χ4v) is 5.46. The average molecular weight is 526 g/mol. The number of carbonyl (C=O) groups is 3. The van der Waals surface area contributed by atoms with E-state index in [0.717, 1.165) is 12.8 Å². The van der Waals surface area contributed by atoms with Crippen LogP contribution in [0.25, 0.3) is 0 Å². The third kappa shape index (κ3) is 5.10. The van der Waals surface area contributed by atoms with E-state index >= 15 is 0 Å². The molecule has 3 fully saturated rings. The molecule has 2 atom stereocenters. The van der Waals surface area contributed by atoms with Gasteiger partial charge in [-0.2, -0.15) is 0 Å². The lowest BCUT2D eigenvalue weighted by Gasteiger charge is -2.44. The Morgan fingerprint density at radius 2 is 1.89 bits per heavy atom. The predicted molar refractivity (Wildman–Crippen MR) is 135 cm³/mol.